The fourth-order valence-corrected chi connectivity index (χ4v) is 3.34. The Bertz CT molecular complexity index is 1060. The molecule has 0 unspecified atom stereocenters. The topological polar surface area (TPSA) is 88.8 Å². The van der Waals surface area contributed by atoms with Gasteiger partial charge in [0.1, 0.15) is 11.3 Å². The number of amides is 1. The predicted octanol–water partition coefficient (Wildman–Crippen LogP) is 3.67. The molecule has 0 saturated heterocycles. The molecule has 0 saturated carbocycles. The summed E-state index contributed by atoms with van der Waals surface area (Å²) in [6, 6.07) is 14.3. The smallest absolute Gasteiger partial charge is 0.336 e. The molecule has 158 valence electrons. The Balaban J connectivity index is 1.65. The van der Waals surface area contributed by atoms with Gasteiger partial charge in [0, 0.05) is 23.6 Å². The molecule has 0 aliphatic rings. The van der Waals surface area contributed by atoms with Gasteiger partial charge in [0.15, 0.2) is 6.61 Å². The summed E-state index contributed by atoms with van der Waals surface area (Å²) in [4.78, 5) is 24.1. The molecular weight excluding hydrogens is 382 g/mol. The third-order valence-corrected chi connectivity index (χ3v) is 5.03. The van der Waals surface area contributed by atoms with Crippen LogP contribution >= 0.6 is 0 Å². The number of fused-ring (bicyclic) bond motifs is 1. The van der Waals surface area contributed by atoms with Crippen molar-refractivity contribution in [2.45, 2.75) is 39.2 Å². The number of ether oxygens (including phenoxy) is 1. The first-order valence-corrected chi connectivity index (χ1v) is 10.2. The van der Waals surface area contributed by atoms with Crippen LogP contribution in [0.15, 0.2) is 57.7 Å². The van der Waals surface area contributed by atoms with Crippen LogP contribution in [-0.4, -0.2) is 24.2 Å². The second-order valence-corrected chi connectivity index (χ2v) is 7.28. The Morgan fingerprint density at radius 3 is 2.70 bits per heavy atom. The molecule has 2 aromatic carbocycles. The van der Waals surface area contributed by atoms with Crippen molar-refractivity contribution in [2.75, 3.05) is 13.2 Å². The van der Waals surface area contributed by atoms with E-state index in [9.17, 15) is 14.7 Å². The molecule has 0 radical (unpaired) electrons. The van der Waals surface area contributed by atoms with E-state index in [0.717, 1.165) is 35.8 Å². The maximum atomic E-state index is 12.1. The van der Waals surface area contributed by atoms with Crippen LogP contribution < -0.4 is 15.7 Å². The van der Waals surface area contributed by atoms with Crippen LogP contribution in [-0.2, 0) is 11.2 Å². The van der Waals surface area contributed by atoms with Crippen LogP contribution in [0.3, 0.4) is 0 Å². The molecule has 1 aromatic heterocycles. The minimum absolute atomic E-state index is 0.0958. The van der Waals surface area contributed by atoms with Crippen molar-refractivity contribution in [1.82, 2.24) is 5.32 Å². The van der Waals surface area contributed by atoms with Gasteiger partial charge in [-0.05, 0) is 43.0 Å². The highest BCUT2D eigenvalue weighted by molar-refractivity contribution is 5.85. The number of hydrogen-bond donors (Lipinski definition) is 2. The van der Waals surface area contributed by atoms with E-state index in [2.05, 4.69) is 12.2 Å². The highest BCUT2D eigenvalue weighted by atomic mass is 16.5. The monoisotopic (exact) mass is 409 g/mol. The Morgan fingerprint density at radius 1 is 1.20 bits per heavy atom. The number of benzene rings is 2. The average Bonchev–Trinajstić information content (AvgIpc) is 2.76. The van der Waals surface area contributed by atoms with Crippen molar-refractivity contribution in [3.8, 4) is 5.75 Å². The van der Waals surface area contributed by atoms with Crippen molar-refractivity contribution >= 4 is 16.9 Å². The molecule has 0 aliphatic heterocycles. The van der Waals surface area contributed by atoms with Crippen LogP contribution in [0.5, 0.6) is 5.75 Å². The van der Waals surface area contributed by atoms with Crippen molar-refractivity contribution in [3.63, 3.8) is 0 Å². The van der Waals surface area contributed by atoms with Gasteiger partial charge in [0.25, 0.3) is 5.91 Å². The van der Waals surface area contributed by atoms with E-state index in [1.807, 2.05) is 24.3 Å². The largest absolute Gasteiger partial charge is 0.483 e. The molecule has 1 heterocycles. The van der Waals surface area contributed by atoms with Gasteiger partial charge in [-0.3, -0.25) is 4.79 Å². The summed E-state index contributed by atoms with van der Waals surface area (Å²) >= 11 is 0. The minimum atomic E-state index is -0.784. The van der Waals surface area contributed by atoms with E-state index >= 15 is 0 Å². The highest BCUT2D eigenvalue weighted by Gasteiger charge is 2.14. The van der Waals surface area contributed by atoms with Crippen LogP contribution in [0.2, 0.25) is 0 Å². The van der Waals surface area contributed by atoms with Crippen LogP contribution in [0, 0.1) is 6.92 Å². The fraction of sp³-hybridized carbons (Fsp3) is 0.333. The fourth-order valence-electron chi connectivity index (χ4n) is 3.34. The summed E-state index contributed by atoms with van der Waals surface area (Å²) in [6.45, 7) is 3.81. The van der Waals surface area contributed by atoms with Gasteiger partial charge >= 0.3 is 5.63 Å². The van der Waals surface area contributed by atoms with Gasteiger partial charge in [0.2, 0.25) is 0 Å². The highest BCUT2D eigenvalue weighted by Crippen LogP contribution is 2.29. The SMILES string of the molecule is CCCCc1cc(=O)oc2c(C)c(OCC(=O)NC[C@H](O)c3ccccc3)ccc12. The molecule has 0 spiro atoms. The molecule has 1 amide bonds. The lowest BCUT2D eigenvalue weighted by atomic mass is 10.0. The molecule has 6 nitrogen and oxygen atoms in total. The quantitative estimate of drug-likeness (QED) is 0.527. The van der Waals surface area contributed by atoms with Gasteiger partial charge in [-0.25, -0.2) is 4.79 Å². The number of aliphatic hydroxyl groups is 1. The van der Waals surface area contributed by atoms with Crippen LogP contribution in [0.1, 0.15) is 42.6 Å². The normalized spacial score (nSPS) is 12.0. The van der Waals surface area contributed by atoms with Gasteiger partial charge in [-0.2, -0.15) is 0 Å². The lowest BCUT2D eigenvalue weighted by molar-refractivity contribution is -0.123. The van der Waals surface area contributed by atoms with Crippen LogP contribution in [0.25, 0.3) is 11.0 Å². The number of carbonyl (C=O) groups is 1. The first kappa shape index (κ1) is 21.6. The van der Waals surface area contributed by atoms with Crippen molar-refractivity contribution in [1.29, 1.82) is 0 Å². The lowest BCUT2D eigenvalue weighted by Gasteiger charge is -2.14. The number of rotatable bonds is 9. The van der Waals surface area contributed by atoms with Crippen molar-refractivity contribution in [3.05, 3.63) is 75.6 Å². The number of aliphatic hydroxyl groups excluding tert-OH is 1. The molecule has 0 bridgehead atoms. The Labute approximate surface area is 175 Å². The maximum Gasteiger partial charge on any atom is 0.336 e. The minimum Gasteiger partial charge on any atom is -0.483 e. The molecule has 6 heteroatoms. The zero-order chi connectivity index (χ0) is 21.5. The molecule has 3 aromatic rings. The third kappa shape index (κ3) is 5.27. The maximum absolute atomic E-state index is 12.1. The molecule has 0 fully saturated rings. The molecule has 30 heavy (non-hydrogen) atoms. The van der Waals surface area contributed by atoms with Gasteiger partial charge in [-0.15, -0.1) is 0 Å². The van der Waals surface area contributed by atoms with E-state index < -0.39 is 6.10 Å². The summed E-state index contributed by atoms with van der Waals surface area (Å²) in [7, 11) is 0. The molecular formula is C24H27NO5. The first-order valence-electron chi connectivity index (χ1n) is 10.2. The van der Waals surface area contributed by atoms with Crippen LogP contribution in [0.4, 0.5) is 0 Å². The number of carbonyl (C=O) groups excluding carboxylic acids is 1. The Morgan fingerprint density at radius 2 is 1.97 bits per heavy atom. The molecule has 2 N–H and O–H groups in total. The summed E-state index contributed by atoms with van der Waals surface area (Å²) < 4.78 is 11.1. The van der Waals surface area contributed by atoms with Gasteiger partial charge < -0.3 is 19.6 Å². The number of unbranched alkanes of at least 4 members (excludes halogenated alkanes) is 1. The number of hydrogen-bond acceptors (Lipinski definition) is 5. The summed E-state index contributed by atoms with van der Waals surface area (Å²) in [5.74, 6) is 0.139. The van der Waals surface area contributed by atoms with E-state index in [4.69, 9.17) is 9.15 Å². The van der Waals surface area contributed by atoms with Crippen molar-refractivity contribution < 1.29 is 19.1 Å². The standard InChI is InChI=1S/C24H27NO5/c1-3-4-8-18-13-23(28)30-24-16(2)21(12-11-19(18)24)29-15-22(27)25-14-20(26)17-9-6-5-7-10-17/h5-7,9-13,20,26H,3-4,8,14-15H2,1-2H3,(H,25,27)/t20-/m0/s1. The average molecular weight is 409 g/mol. The zero-order valence-corrected chi connectivity index (χ0v) is 17.3. The summed E-state index contributed by atoms with van der Waals surface area (Å²) in [5.41, 5.74) is 2.48. The molecule has 1 atom stereocenters. The van der Waals surface area contributed by atoms with Crippen molar-refractivity contribution in [2.24, 2.45) is 0 Å². The van der Waals surface area contributed by atoms with E-state index in [1.165, 1.54) is 0 Å². The van der Waals surface area contributed by atoms with E-state index in [1.54, 1.807) is 31.2 Å². The third-order valence-electron chi connectivity index (χ3n) is 5.03. The predicted molar refractivity (Wildman–Crippen MR) is 116 cm³/mol. The molecule has 0 aliphatic carbocycles. The van der Waals surface area contributed by atoms with Gasteiger partial charge in [0.05, 0.1) is 6.10 Å². The van der Waals surface area contributed by atoms with E-state index in [0.29, 0.717) is 16.9 Å². The Hall–Kier alpha value is -3.12. The zero-order valence-electron chi connectivity index (χ0n) is 17.3. The summed E-state index contributed by atoms with van der Waals surface area (Å²) in [6.07, 6.45) is 2.05. The second-order valence-electron chi connectivity index (χ2n) is 7.28. The number of aryl methyl sites for hydroxylation is 2. The van der Waals surface area contributed by atoms with E-state index in [-0.39, 0.29) is 24.7 Å². The Kier molecular flexibility index (Phi) is 7.25. The number of nitrogens with one attached hydrogen (secondary N) is 1. The molecule has 3 rings (SSSR count). The first-order chi connectivity index (χ1) is 14.5. The van der Waals surface area contributed by atoms with Gasteiger partial charge in [-0.1, -0.05) is 43.7 Å². The second kappa shape index (κ2) is 10.1. The lowest BCUT2D eigenvalue weighted by Crippen LogP contribution is -2.32. The summed E-state index contributed by atoms with van der Waals surface area (Å²) in [5, 5.41) is 13.7.